The van der Waals surface area contributed by atoms with Crippen molar-refractivity contribution < 1.29 is 0 Å². The third-order valence-corrected chi connectivity index (χ3v) is 8.09. The van der Waals surface area contributed by atoms with E-state index < -0.39 is 0 Å². The second-order valence-electron chi connectivity index (χ2n) is 10.2. The highest BCUT2D eigenvalue weighted by Gasteiger charge is 2.28. The van der Waals surface area contributed by atoms with Gasteiger partial charge in [0, 0.05) is 5.41 Å². The lowest BCUT2D eigenvalue weighted by Crippen LogP contribution is -2.26. The van der Waals surface area contributed by atoms with Gasteiger partial charge >= 0.3 is 0 Å². The van der Waals surface area contributed by atoms with Crippen molar-refractivity contribution in [3.8, 4) is 0 Å². The number of benzene rings is 2. The van der Waals surface area contributed by atoms with E-state index in [0.29, 0.717) is 5.92 Å². The summed E-state index contributed by atoms with van der Waals surface area (Å²) in [5.41, 5.74) is 7.65. The Balaban J connectivity index is 1.50. The minimum Gasteiger partial charge on any atom is -0.0839 e. The number of hydrogen-bond acceptors (Lipinski definition) is 0. The van der Waals surface area contributed by atoms with Crippen LogP contribution in [0.4, 0.5) is 0 Å². The molecule has 1 unspecified atom stereocenters. The van der Waals surface area contributed by atoms with Crippen LogP contribution < -0.4 is 10.4 Å². The molecule has 0 N–H and O–H groups in total. The molecule has 1 atom stereocenters. The van der Waals surface area contributed by atoms with Crippen LogP contribution in [0.1, 0.15) is 75.8 Å². The highest BCUT2D eigenvalue weighted by molar-refractivity contribution is 5.92. The van der Waals surface area contributed by atoms with E-state index in [1.165, 1.54) is 75.6 Å². The summed E-state index contributed by atoms with van der Waals surface area (Å²) < 4.78 is 0. The van der Waals surface area contributed by atoms with Gasteiger partial charge in [0.25, 0.3) is 0 Å². The van der Waals surface area contributed by atoms with E-state index in [9.17, 15) is 0 Å². The van der Waals surface area contributed by atoms with Gasteiger partial charge in [-0.2, -0.15) is 0 Å². The Hall–Kier alpha value is -2.60. The molecule has 0 amide bonds. The fraction of sp³-hybridized carbons (Fsp3) is 0.355. The van der Waals surface area contributed by atoms with Crippen LogP contribution in [0.3, 0.4) is 0 Å². The SMILES string of the molecule is CC(C)(C1=CCCC=C1)C1=CCCC(c2ccc3ccc4c5c3c2=CCC5CCC=4)=C1. The Bertz CT molecular complexity index is 1320. The molecule has 31 heavy (non-hydrogen) atoms. The normalized spacial score (nSPS) is 22.3. The number of allylic oxidation sites excluding steroid dienone is 8. The van der Waals surface area contributed by atoms with Crippen molar-refractivity contribution in [2.24, 2.45) is 5.41 Å². The molecule has 0 fully saturated rings. The Morgan fingerprint density at radius 2 is 1.71 bits per heavy atom. The molecule has 0 heteroatoms. The first-order valence-corrected chi connectivity index (χ1v) is 12.2. The van der Waals surface area contributed by atoms with Crippen molar-refractivity contribution >= 4 is 28.5 Å². The van der Waals surface area contributed by atoms with Crippen molar-refractivity contribution in [1.82, 2.24) is 0 Å². The minimum atomic E-state index is 0.0691. The van der Waals surface area contributed by atoms with Crippen LogP contribution in [0.5, 0.6) is 0 Å². The van der Waals surface area contributed by atoms with Gasteiger partial charge in [-0.15, -0.1) is 0 Å². The third-order valence-electron chi connectivity index (χ3n) is 8.09. The molecular weight excluding hydrogens is 372 g/mol. The third kappa shape index (κ3) is 3.03. The van der Waals surface area contributed by atoms with Crippen molar-refractivity contribution in [2.45, 2.75) is 64.7 Å². The summed E-state index contributed by atoms with van der Waals surface area (Å²) in [6.07, 6.45) is 25.5. The van der Waals surface area contributed by atoms with E-state index in [0.717, 1.165) is 12.8 Å². The molecule has 0 aliphatic heterocycles. The summed E-state index contributed by atoms with van der Waals surface area (Å²) in [4.78, 5) is 0. The maximum Gasteiger partial charge on any atom is 0.0140 e. The molecule has 4 aliphatic rings. The summed E-state index contributed by atoms with van der Waals surface area (Å²) >= 11 is 0. The highest BCUT2D eigenvalue weighted by Crippen LogP contribution is 2.42. The van der Waals surface area contributed by atoms with E-state index >= 15 is 0 Å². The summed E-state index contributed by atoms with van der Waals surface area (Å²) in [7, 11) is 0. The topological polar surface area (TPSA) is 0 Å². The quantitative estimate of drug-likeness (QED) is 0.512. The van der Waals surface area contributed by atoms with Gasteiger partial charge in [0.1, 0.15) is 0 Å². The molecule has 0 saturated heterocycles. The molecule has 0 heterocycles. The molecule has 156 valence electrons. The van der Waals surface area contributed by atoms with Crippen molar-refractivity contribution in [1.29, 1.82) is 0 Å². The zero-order chi connectivity index (χ0) is 21.0. The standard InChI is InChI=1S/C31H32/c1-31(2,25-11-4-3-5-12-25)26-13-7-10-24(20-26)27-18-16-23-15-14-21-8-6-9-22-17-19-28(27)30(23)29(21)22/h4,8,11-16,18-20,22H,3,5-7,9-10,17H2,1-2H3. The van der Waals surface area contributed by atoms with E-state index in [-0.39, 0.29) is 5.41 Å². The van der Waals surface area contributed by atoms with Gasteiger partial charge in [-0.05, 0) is 99.9 Å². The van der Waals surface area contributed by atoms with Crippen molar-refractivity contribution in [3.05, 3.63) is 87.4 Å². The second-order valence-corrected chi connectivity index (χ2v) is 10.2. The number of hydrogen-bond donors (Lipinski definition) is 0. The minimum absolute atomic E-state index is 0.0691. The van der Waals surface area contributed by atoms with Crippen LogP contribution >= 0.6 is 0 Å². The predicted octanol–water partition coefficient (Wildman–Crippen LogP) is 7.09. The zero-order valence-electron chi connectivity index (χ0n) is 18.9. The Kier molecular flexibility index (Phi) is 4.46. The largest absolute Gasteiger partial charge is 0.0839 e. The van der Waals surface area contributed by atoms with E-state index in [1.807, 2.05) is 0 Å². The maximum atomic E-state index is 2.56. The number of rotatable bonds is 3. The molecule has 0 bridgehead atoms. The van der Waals surface area contributed by atoms with Crippen LogP contribution in [0, 0.1) is 5.41 Å². The lowest BCUT2D eigenvalue weighted by atomic mass is 9.72. The monoisotopic (exact) mass is 404 g/mol. The molecule has 0 spiro atoms. The molecule has 2 aromatic carbocycles. The predicted molar refractivity (Wildman–Crippen MR) is 134 cm³/mol. The maximum absolute atomic E-state index is 2.56. The molecule has 0 saturated carbocycles. The first-order chi connectivity index (χ1) is 15.1. The van der Waals surface area contributed by atoms with Gasteiger partial charge in [-0.25, -0.2) is 0 Å². The van der Waals surface area contributed by atoms with Crippen molar-refractivity contribution in [2.75, 3.05) is 0 Å². The lowest BCUT2D eigenvalue weighted by molar-refractivity contribution is 0.555. The molecule has 4 aliphatic carbocycles. The fourth-order valence-electron chi connectivity index (χ4n) is 6.27. The molecule has 2 aromatic rings. The zero-order valence-corrected chi connectivity index (χ0v) is 18.9. The van der Waals surface area contributed by atoms with Gasteiger partial charge in [-0.1, -0.05) is 80.6 Å². The molecular formula is C31H32. The fourth-order valence-corrected chi connectivity index (χ4v) is 6.27. The smallest absolute Gasteiger partial charge is 0.0140 e. The van der Waals surface area contributed by atoms with Gasteiger partial charge in [0.2, 0.25) is 0 Å². The lowest BCUT2D eigenvalue weighted by Gasteiger charge is -2.32. The first-order valence-electron chi connectivity index (χ1n) is 12.2. The Morgan fingerprint density at radius 1 is 0.839 bits per heavy atom. The van der Waals surface area contributed by atoms with Crippen molar-refractivity contribution in [3.63, 3.8) is 0 Å². The summed E-state index contributed by atoms with van der Waals surface area (Å²) in [6, 6.07) is 9.46. The van der Waals surface area contributed by atoms with Crippen LogP contribution in [0.2, 0.25) is 0 Å². The van der Waals surface area contributed by atoms with E-state index in [4.69, 9.17) is 0 Å². The average molecular weight is 405 g/mol. The first kappa shape index (κ1) is 19.1. The van der Waals surface area contributed by atoms with Gasteiger partial charge in [0.15, 0.2) is 0 Å². The molecule has 0 radical (unpaired) electrons. The van der Waals surface area contributed by atoms with Gasteiger partial charge in [-0.3, -0.25) is 0 Å². The van der Waals surface area contributed by atoms with Gasteiger partial charge in [0.05, 0.1) is 0 Å². The summed E-state index contributed by atoms with van der Waals surface area (Å²) in [5.74, 6) is 0.714. The Labute approximate surface area is 186 Å². The second kappa shape index (κ2) is 7.23. The molecule has 0 aromatic heterocycles. The average Bonchev–Trinajstić information content (AvgIpc) is 2.83. The van der Waals surface area contributed by atoms with Crippen LogP contribution in [0.15, 0.2) is 65.8 Å². The molecule has 6 rings (SSSR count). The van der Waals surface area contributed by atoms with Crippen LogP contribution in [0.25, 0.3) is 28.5 Å². The van der Waals surface area contributed by atoms with E-state index in [2.05, 4.69) is 80.6 Å². The van der Waals surface area contributed by atoms with Gasteiger partial charge < -0.3 is 0 Å². The van der Waals surface area contributed by atoms with Crippen LogP contribution in [-0.2, 0) is 0 Å². The highest BCUT2D eigenvalue weighted by atomic mass is 14.3. The summed E-state index contributed by atoms with van der Waals surface area (Å²) in [5, 5.41) is 5.95. The van der Waals surface area contributed by atoms with Crippen LogP contribution in [-0.4, -0.2) is 0 Å². The molecule has 0 nitrogen and oxygen atoms in total. The van der Waals surface area contributed by atoms with E-state index in [1.54, 1.807) is 5.56 Å². The summed E-state index contributed by atoms with van der Waals surface area (Å²) in [6.45, 7) is 4.79. The Morgan fingerprint density at radius 3 is 2.58 bits per heavy atom.